The predicted octanol–water partition coefficient (Wildman–Crippen LogP) is 6.06. The summed E-state index contributed by atoms with van der Waals surface area (Å²) in [5.41, 5.74) is 4.89. The third-order valence-corrected chi connectivity index (χ3v) is 11.3. The summed E-state index contributed by atoms with van der Waals surface area (Å²) in [7, 11) is -1.68. The number of benzene rings is 3. The number of rotatable bonds is 11. The van der Waals surface area contributed by atoms with Crippen LogP contribution in [-0.2, 0) is 21.2 Å². The Kier molecular flexibility index (Phi) is 8.25. The van der Waals surface area contributed by atoms with E-state index in [0.29, 0.717) is 20.3 Å². The number of para-hydroxylation sites is 1. The van der Waals surface area contributed by atoms with Gasteiger partial charge < -0.3 is 10.2 Å². The molecule has 13 heteroatoms. The van der Waals surface area contributed by atoms with Gasteiger partial charge in [-0.1, -0.05) is 43.7 Å². The van der Waals surface area contributed by atoms with E-state index in [1.54, 1.807) is 12.1 Å². The van der Waals surface area contributed by atoms with Gasteiger partial charge in [-0.2, -0.15) is 9.71 Å². The third kappa shape index (κ3) is 6.04. The van der Waals surface area contributed by atoms with Crippen LogP contribution >= 0.6 is 32.9 Å². The molecule has 2 unspecified atom stereocenters. The molecule has 0 aliphatic carbocycles. The first-order valence-electron chi connectivity index (χ1n) is 13.6. The number of carbonyl (C=O) groups excluding carboxylic acids is 2. The Morgan fingerprint density at radius 2 is 1.74 bits per heavy atom. The molecule has 0 fully saturated rings. The van der Waals surface area contributed by atoms with Crippen molar-refractivity contribution in [2.75, 3.05) is 15.5 Å². The highest BCUT2D eigenvalue weighted by molar-refractivity contribution is 7.89. The van der Waals surface area contributed by atoms with Crippen molar-refractivity contribution in [1.29, 1.82) is 0 Å². The van der Waals surface area contributed by atoms with Gasteiger partial charge in [0.2, 0.25) is 21.1 Å². The summed E-state index contributed by atoms with van der Waals surface area (Å²) in [5, 5.41) is 5.85. The van der Waals surface area contributed by atoms with E-state index < -0.39 is 28.0 Å². The summed E-state index contributed by atoms with van der Waals surface area (Å²) in [4.78, 5) is 32.3. The number of nitrogens with one attached hydrogen (secondary N) is 3. The second-order valence-electron chi connectivity index (χ2n) is 10.2. The van der Waals surface area contributed by atoms with Crippen molar-refractivity contribution in [3.05, 3.63) is 99.6 Å². The lowest BCUT2D eigenvalue weighted by atomic mass is 9.93. The fraction of sp³-hybridized carbons (Fsp3) is 0.200. The largest absolute Gasteiger partial charge is 0.337 e. The van der Waals surface area contributed by atoms with E-state index in [1.165, 1.54) is 50.5 Å². The van der Waals surface area contributed by atoms with Crippen LogP contribution < -0.4 is 20.3 Å². The Morgan fingerprint density at radius 1 is 1.00 bits per heavy atom. The highest BCUT2D eigenvalue weighted by atomic mass is 32.9. The number of aromatic nitrogens is 1. The Balaban J connectivity index is 1.18. The van der Waals surface area contributed by atoms with Crippen LogP contribution in [0.25, 0.3) is 5.57 Å². The monoisotopic (exact) mass is 649 g/mol. The van der Waals surface area contributed by atoms with Gasteiger partial charge in [-0.3, -0.25) is 14.9 Å². The number of aryl methyl sites for hydroxylation is 1. The highest BCUT2D eigenvalue weighted by Gasteiger charge is 2.49. The quantitative estimate of drug-likeness (QED) is 0.134. The summed E-state index contributed by atoms with van der Waals surface area (Å²) in [6.45, 7) is 2.14. The summed E-state index contributed by atoms with van der Waals surface area (Å²) >= 11 is 5.08. The van der Waals surface area contributed by atoms with E-state index >= 15 is 0 Å². The molecule has 2 aliphatic heterocycles. The van der Waals surface area contributed by atoms with Crippen LogP contribution in [0.5, 0.6) is 0 Å². The van der Waals surface area contributed by atoms with Crippen LogP contribution in [0, 0.1) is 3.95 Å². The van der Waals surface area contributed by atoms with Gasteiger partial charge in [0.25, 0.3) is 5.91 Å². The molecule has 4 aromatic rings. The fourth-order valence-electron chi connectivity index (χ4n) is 5.15. The maximum Gasteiger partial charge on any atom is 0.255 e. The first-order chi connectivity index (χ1) is 20.7. The molecule has 3 heterocycles. The average molecular weight is 650 g/mol. The third-order valence-electron chi connectivity index (χ3n) is 7.34. The molecular formula is C30H27N5O4S4. The lowest BCUT2D eigenvalue weighted by molar-refractivity contribution is -0.117. The van der Waals surface area contributed by atoms with Crippen molar-refractivity contribution < 1.29 is 18.0 Å². The first kappa shape index (κ1) is 29.3. The molecule has 2 bridgehead atoms. The minimum absolute atomic E-state index is 0.0407. The van der Waals surface area contributed by atoms with Gasteiger partial charge in [-0.25, -0.2) is 8.42 Å². The molecule has 0 saturated carbocycles. The molecule has 220 valence electrons. The van der Waals surface area contributed by atoms with Crippen LogP contribution in [0.4, 0.5) is 16.5 Å². The number of hydrogen-bond donors (Lipinski definition) is 3. The van der Waals surface area contributed by atoms with E-state index in [1.807, 2.05) is 47.5 Å². The lowest BCUT2D eigenvalue weighted by Gasteiger charge is -2.37. The normalized spacial score (nSPS) is 15.7. The van der Waals surface area contributed by atoms with Crippen molar-refractivity contribution in [1.82, 2.24) is 9.71 Å². The second-order valence-corrected chi connectivity index (χ2v) is 14.6. The number of hydrogen-bond acceptors (Lipinski definition) is 9. The van der Waals surface area contributed by atoms with Crippen molar-refractivity contribution in [2.45, 2.75) is 43.2 Å². The molecule has 2 atom stereocenters. The minimum Gasteiger partial charge on any atom is -0.337 e. The van der Waals surface area contributed by atoms with Gasteiger partial charge >= 0.3 is 0 Å². The van der Waals surface area contributed by atoms with Gasteiger partial charge in [0, 0.05) is 34.3 Å². The van der Waals surface area contributed by atoms with E-state index in [9.17, 15) is 18.0 Å². The number of nitrogens with zero attached hydrogens (tertiary/aromatic N) is 2. The van der Waals surface area contributed by atoms with Gasteiger partial charge in [0.05, 0.1) is 10.9 Å². The number of amides is 2. The molecule has 2 aliphatic rings. The molecule has 0 saturated heterocycles. The van der Waals surface area contributed by atoms with Crippen LogP contribution in [0.15, 0.2) is 83.9 Å². The molecule has 6 rings (SSSR count). The van der Waals surface area contributed by atoms with Gasteiger partial charge in [0.15, 0.2) is 3.95 Å². The van der Waals surface area contributed by atoms with E-state index in [4.69, 9.17) is 12.2 Å². The molecule has 9 nitrogen and oxygen atoms in total. The standard InChI is InChI=1S/C30H27N5O4S4/c1-2-3-6-18-9-11-19(12-10-18)27(36)31-20-13-15-21(16-14-20)43(38,39)34-25(28(37)32-29-33-30(40)42-41-29)26-23-17-35(26)24-8-5-4-7-22(23)24/h4-5,7-17,25-26,34H,2-3,6H2,1H3,(H,31,36)(H,32,33,37,40). The zero-order valence-electron chi connectivity index (χ0n) is 22.9. The lowest BCUT2D eigenvalue weighted by Crippen LogP contribution is -2.58. The molecule has 2 amide bonds. The molecule has 43 heavy (non-hydrogen) atoms. The first-order valence-corrected chi connectivity index (χ1v) is 17.7. The fourth-order valence-corrected chi connectivity index (χ4v) is 8.22. The Hall–Kier alpha value is -3.75. The Morgan fingerprint density at radius 3 is 2.42 bits per heavy atom. The summed E-state index contributed by atoms with van der Waals surface area (Å²) in [6, 6.07) is 19.3. The van der Waals surface area contributed by atoms with E-state index in [0.717, 1.165) is 36.1 Å². The Bertz CT molecular complexity index is 1880. The van der Waals surface area contributed by atoms with Crippen LogP contribution in [-0.4, -0.2) is 37.3 Å². The number of carbonyl (C=O) groups is 2. The van der Waals surface area contributed by atoms with Crippen molar-refractivity contribution in [3.63, 3.8) is 0 Å². The van der Waals surface area contributed by atoms with Crippen LogP contribution in [0.2, 0.25) is 0 Å². The van der Waals surface area contributed by atoms with Crippen LogP contribution in [0.1, 0.15) is 41.3 Å². The molecule has 3 aromatic carbocycles. The molecule has 0 radical (unpaired) electrons. The zero-order chi connectivity index (χ0) is 30.1. The van der Waals surface area contributed by atoms with Gasteiger partial charge in [0.1, 0.15) is 6.04 Å². The second kappa shape index (κ2) is 12.1. The van der Waals surface area contributed by atoms with Gasteiger partial charge in [-0.15, -0.1) is 0 Å². The van der Waals surface area contributed by atoms with E-state index in [2.05, 4.69) is 27.3 Å². The maximum absolute atomic E-state index is 13.6. The zero-order valence-corrected chi connectivity index (χ0v) is 26.2. The summed E-state index contributed by atoms with van der Waals surface area (Å²) in [5.74, 6) is -0.835. The number of sulfonamides is 1. The summed E-state index contributed by atoms with van der Waals surface area (Å²) in [6.07, 6.45) is 5.07. The maximum atomic E-state index is 13.6. The molecule has 1 aromatic heterocycles. The van der Waals surface area contributed by atoms with Gasteiger partial charge in [-0.05, 0) is 93.8 Å². The van der Waals surface area contributed by atoms with Crippen LogP contribution in [0.3, 0.4) is 0 Å². The molecule has 3 N–H and O–H groups in total. The highest BCUT2D eigenvalue weighted by Crippen LogP contribution is 2.49. The topological polar surface area (TPSA) is 120 Å². The predicted molar refractivity (Wildman–Crippen MR) is 174 cm³/mol. The SMILES string of the molecule is CCCCc1ccc(C(=O)Nc2ccc(S(=O)(=O)NC(C(=O)Nc3nc(=S)ss3)C3C4=CN3c3ccccc34)cc2)cc1. The molecule has 0 spiro atoms. The minimum atomic E-state index is -4.14. The van der Waals surface area contributed by atoms with Crippen molar-refractivity contribution in [2.24, 2.45) is 0 Å². The number of anilines is 3. The Labute approximate surface area is 261 Å². The average Bonchev–Trinajstić information content (AvgIpc) is 3.67. The van der Waals surface area contributed by atoms with E-state index in [-0.39, 0.29) is 10.8 Å². The number of unbranched alkanes of at least 4 members (excludes halogenated alkanes) is 1. The molecular weight excluding hydrogens is 623 g/mol. The van der Waals surface area contributed by atoms with Crippen molar-refractivity contribution in [3.8, 4) is 0 Å². The van der Waals surface area contributed by atoms with Crippen molar-refractivity contribution >= 4 is 76.8 Å². The number of fused-ring (bicyclic) bond motifs is 5. The summed E-state index contributed by atoms with van der Waals surface area (Å²) < 4.78 is 30.2. The smallest absolute Gasteiger partial charge is 0.255 e.